The number of carbonyl (C=O) groups is 2. The molecule has 0 bridgehead atoms. The lowest BCUT2D eigenvalue weighted by molar-refractivity contribution is -0.143. The minimum absolute atomic E-state index is 0.133. The predicted molar refractivity (Wildman–Crippen MR) is 53.7 cm³/mol. The summed E-state index contributed by atoms with van der Waals surface area (Å²) in [5.74, 6) is -0.407. The van der Waals surface area contributed by atoms with E-state index in [4.69, 9.17) is 4.74 Å². The number of hydrogen-bond donors (Lipinski definition) is 1. The molecule has 0 aliphatic carbocycles. The summed E-state index contributed by atoms with van der Waals surface area (Å²) in [4.78, 5) is 21.4. The van der Waals surface area contributed by atoms with Crippen LogP contribution in [0.4, 0.5) is 0 Å². The quantitative estimate of drug-likeness (QED) is 0.395. The molecule has 0 heterocycles. The average molecular weight is 199 g/mol. The third kappa shape index (κ3) is 8.77. The van der Waals surface area contributed by atoms with Gasteiger partial charge < -0.3 is 10.1 Å². The fourth-order valence-corrected chi connectivity index (χ4v) is 0.820. The predicted octanol–water partition coefficient (Wildman–Crippen LogP) is 1.02. The smallest absolute Gasteiger partial charge is 0.307 e. The largest absolute Gasteiger partial charge is 0.465 e. The van der Waals surface area contributed by atoms with Crippen molar-refractivity contribution in [3.8, 4) is 0 Å². The van der Waals surface area contributed by atoms with E-state index < -0.39 is 0 Å². The first-order valence-corrected chi connectivity index (χ1v) is 4.68. The van der Waals surface area contributed by atoms with Crippen molar-refractivity contribution in [3.63, 3.8) is 0 Å². The Balaban J connectivity index is 3.32. The molecule has 4 heteroatoms. The number of allylic oxidation sites excluding steroid dienone is 1. The normalized spacial score (nSPS) is 10.1. The van der Waals surface area contributed by atoms with Gasteiger partial charge in [-0.15, -0.1) is 0 Å². The van der Waals surface area contributed by atoms with Crippen molar-refractivity contribution in [1.82, 2.24) is 5.32 Å². The number of carbonyl (C=O) groups excluding carboxylic acids is 2. The van der Waals surface area contributed by atoms with Crippen molar-refractivity contribution >= 4 is 11.9 Å². The van der Waals surface area contributed by atoms with Crippen molar-refractivity contribution in [1.29, 1.82) is 0 Å². The van der Waals surface area contributed by atoms with Crippen molar-refractivity contribution in [2.24, 2.45) is 0 Å². The Morgan fingerprint density at radius 2 is 2.14 bits per heavy atom. The second kappa shape index (κ2) is 8.29. The van der Waals surface area contributed by atoms with E-state index in [0.29, 0.717) is 13.2 Å². The molecule has 0 aromatic heterocycles. The van der Waals surface area contributed by atoms with Gasteiger partial charge in [0.05, 0.1) is 13.0 Å². The molecule has 1 amide bonds. The molecule has 0 aromatic rings. The zero-order valence-corrected chi connectivity index (χ0v) is 8.71. The summed E-state index contributed by atoms with van der Waals surface area (Å²) in [5, 5.41) is 2.52. The number of ether oxygens (including phenoxy) is 1. The highest BCUT2D eigenvalue weighted by Crippen LogP contribution is 1.89. The van der Waals surface area contributed by atoms with E-state index in [0.717, 1.165) is 6.42 Å². The van der Waals surface area contributed by atoms with Gasteiger partial charge in [-0.2, -0.15) is 0 Å². The monoisotopic (exact) mass is 199 g/mol. The van der Waals surface area contributed by atoms with E-state index >= 15 is 0 Å². The Labute approximate surface area is 84.3 Å². The minimum Gasteiger partial charge on any atom is -0.465 e. The summed E-state index contributed by atoms with van der Waals surface area (Å²) < 4.78 is 4.88. The second-order valence-electron chi connectivity index (χ2n) is 2.81. The van der Waals surface area contributed by atoms with Crippen LogP contribution in [0.3, 0.4) is 0 Å². The molecule has 0 unspecified atom stereocenters. The van der Waals surface area contributed by atoms with Crippen LogP contribution >= 0.6 is 0 Å². The van der Waals surface area contributed by atoms with Crippen LogP contribution in [0.25, 0.3) is 0 Å². The van der Waals surface area contributed by atoms with E-state index in [1.807, 2.05) is 19.1 Å². The molecule has 0 radical (unpaired) electrons. The van der Waals surface area contributed by atoms with E-state index in [2.05, 4.69) is 5.32 Å². The maximum atomic E-state index is 11.0. The lowest BCUT2D eigenvalue weighted by Crippen LogP contribution is -2.23. The number of amides is 1. The molecule has 1 N–H and O–H groups in total. The molecule has 14 heavy (non-hydrogen) atoms. The lowest BCUT2D eigenvalue weighted by Gasteiger charge is -2.03. The van der Waals surface area contributed by atoms with E-state index in [1.54, 1.807) is 0 Å². The number of esters is 1. The van der Waals surface area contributed by atoms with Crippen LogP contribution < -0.4 is 5.32 Å². The van der Waals surface area contributed by atoms with E-state index in [-0.39, 0.29) is 18.3 Å². The summed E-state index contributed by atoms with van der Waals surface area (Å²) in [5.41, 5.74) is 0. The van der Waals surface area contributed by atoms with Crippen molar-refractivity contribution in [2.75, 3.05) is 13.2 Å². The zero-order valence-electron chi connectivity index (χ0n) is 8.71. The second-order valence-corrected chi connectivity index (χ2v) is 2.81. The van der Waals surface area contributed by atoms with Gasteiger partial charge in [-0.3, -0.25) is 9.59 Å². The molecule has 80 valence electrons. The fourth-order valence-electron chi connectivity index (χ4n) is 0.820. The first kappa shape index (κ1) is 12.7. The van der Waals surface area contributed by atoms with Crippen molar-refractivity contribution < 1.29 is 14.3 Å². The van der Waals surface area contributed by atoms with Gasteiger partial charge in [-0.05, 0) is 13.3 Å². The van der Waals surface area contributed by atoms with Crippen LogP contribution in [0.2, 0.25) is 0 Å². The van der Waals surface area contributed by atoms with Crippen LogP contribution in [0, 0.1) is 0 Å². The minimum atomic E-state index is -0.275. The molecular formula is C10H17NO3. The Bertz CT molecular complexity index is 211. The van der Waals surface area contributed by atoms with Gasteiger partial charge in [0.1, 0.15) is 0 Å². The van der Waals surface area contributed by atoms with Crippen LogP contribution in [0.15, 0.2) is 12.2 Å². The van der Waals surface area contributed by atoms with Gasteiger partial charge in [0.25, 0.3) is 0 Å². The van der Waals surface area contributed by atoms with Gasteiger partial charge in [0.2, 0.25) is 5.91 Å². The Morgan fingerprint density at radius 3 is 2.71 bits per heavy atom. The summed E-state index contributed by atoms with van der Waals surface area (Å²) >= 11 is 0. The molecule has 0 saturated heterocycles. The Kier molecular flexibility index (Phi) is 7.50. The van der Waals surface area contributed by atoms with Crippen LogP contribution in [0.1, 0.15) is 26.7 Å². The third-order valence-electron chi connectivity index (χ3n) is 1.49. The summed E-state index contributed by atoms with van der Waals surface area (Å²) in [7, 11) is 0. The number of rotatable bonds is 6. The highest BCUT2D eigenvalue weighted by molar-refractivity contribution is 5.74. The fraction of sp³-hybridized carbons (Fsp3) is 0.600. The summed E-state index contributed by atoms with van der Waals surface area (Å²) in [6.45, 7) is 4.08. The number of hydrogen-bond acceptors (Lipinski definition) is 3. The Hall–Kier alpha value is -1.32. The highest BCUT2D eigenvalue weighted by atomic mass is 16.5. The van der Waals surface area contributed by atoms with Crippen molar-refractivity contribution in [2.45, 2.75) is 26.7 Å². The van der Waals surface area contributed by atoms with Gasteiger partial charge in [0, 0.05) is 13.5 Å². The summed E-state index contributed by atoms with van der Waals surface area (Å²) in [6.07, 6.45) is 4.81. The van der Waals surface area contributed by atoms with Crippen LogP contribution in [-0.2, 0) is 14.3 Å². The number of nitrogens with one attached hydrogen (secondary N) is 1. The highest BCUT2D eigenvalue weighted by Gasteiger charge is 2.01. The molecule has 0 fully saturated rings. The van der Waals surface area contributed by atoms with E-state index in [9.17, 15) is 9.59 Å². The van der Waals surface area contributed by atoms with Gasteiger partial charge in [-0.1, -0.05) is 12.2 Å². The topological polar surface area (TPSA) is 55.4 Å². The Morgan fingerprint density at radius 1 is 1.43 bits per heavy atom. The standard InChI is InChI=1S/C10H17NO3/c1-3-4-5-8-14-10(13)6-7-11-9(2)12/h3-4H,5-8H2,1-2H3,(H,11,12)/b4-3+. The molecule has 0 aromatic carbocycles. The molecule has 0 spiro atoms. The van der Waals surface area contributed by atoms with Crippen molar-refractivity contribution in [3.05, 3.63) is 12.2 Å². The first-order chi connectivity index (χ1) is 6.66. The van der Waals surface area contributed by atoms with Crippen LogP contribution in [-0.4, -0.2) is 25.0 Å². The van der Waals surface area contributed by atoms with E-state index in [1.165, 1.54) is 6.92 Å². The van der Waals surface area contributed by atoms with Gasteiger partial charge in [-0.25, -0.2) is 0 Å². The maximum Gasteiger partial charge on any atom is 0.307 e. The van der Waals surface area contributed by atoms with Crippen LogP contribution in [0.5, 0.6) is 0 Å². The first-order valence-electron chi connectivity index (χ1n) is 4.68. The maximum absolute atomic E-state index is 11.0. The average Bonchev–Trinajstić information content (AvgIpc) is 2.12. The third-order valence-corrected chi connectivity index (χ3v) is 1.49. The molecule has 0 aliphatic heterocycles. The summed E-state index contributed by atoms with van der Waals surface area (Å²) in [6, 6.07) is 0. The van der Waals surface area contributed by atoms with Gasteiger partial charge >= 0.3 is 5.97 Å². The molecule has 0 saturated carbocycles. The SMILES string of the molecule is C/C=C/CCOC(=O)CCNC(C)=O. The molecule has 4 nitrogen and oxygen atoms in total. The molecule has 0 aliphatic rings. The lowest BCUT2D eigenvalue weighted by atomic mass is 10.4. The molecule has 0 atom stereocenters. The molecule has 0 rings (SSSR count). The van der Waals surface area contributed by atoms with Gasteiger partial charge in [0.15, 0.2) is 0 Å². The molecular weight excluding hydrogens is 182 g/mol. The zero-order chi connectivity index (χ0) is 10.8.